The molecule has 1 aromatic carbocycles. The van der Waals surface area contributed by atoms with Gasteiger partial charge >= 0.3 is 0 Å². The van der Waals surface area contributed by atoms with Gasteiger partial charge in [0.1, 0.15) is 5.75 Å². The van der Waals surface area contributed by atoms with E-state index >= 15 is 0 Å². The average Bonchev–Trinajstić information content (AvgIpc) is 2.96. The van der Waals surface area contributed by atoms with E-state index in [-0.39, 0.29) is 11.8 Å². The molecule has 0 spiro atoms. The van der Waals surface area contributed by atoms with Crippen LogP contribution in [0.3, 0.4) is 0 Å². The van der Waals surface area contributed by atoms with Crippen molar-refractivity contribution in [3.05, 3.63) is 27.7 Å². The fourth-order valence-electron chi connectivity index (χ4n) is 2.91. The van der Waals surface area contributed by atoms with E-state index in [0.717, 1.165) is 49.3 Å². The molecule has 1 saturated heterocycles. The molecular formula is C14H17BrN2O2. The highest BCUT2D eigenvalue weighted by Crippen LogP contribution is 2.34. The van der Waals surface area contributed by atoms with Crippen molar-refractivity contribution < 1.29 is 9.53 Å². The van der Waals surface area contributed by atoms with Crippen molar-refractivity contribution in [3.63, 3.8) is 0 Å². The average molecular weight is 325 g/mol. The molecule has 102 valence electrons. The van der Waals surface area contributed by atoms with Crippen LogP contribution in [0.15, 0.2) is 16.6 Å². The predicted octanol–water partition coefficient (Wildman–Crippen LogP) is 1.69. The number of nitrogens with two attached hydrogens (primary N) is 1. The zero-order valence-corrected chi connectivity index (χ0v) is 12.3. The van der Waals surface area contributed by atoms with Crippen molar-refractivity contribution in [2.45, 2.75) is 19.4 Å². The van der Waals surface area contributed by atoms with Crippen LogP contribution in [0.4, 0.5) is 0 Å². The van der Waals surface area contributed by atoms with Crippen molar-refractivity contribution in [1.82, 2.24) is 4.90 Å². The van der Waals surface area contributed by atoms with E-state index in [9.17, 15) is 4.79 Å². The Balaban J connectivity index is 1.76. The molecule has 0 aromatic heterocycles. The van der Waals surface area contributed by atoms with Gasteiger partial charge < -0.3 is 10.5 Å². The van der Waals surface area contributed by atoms with Gasteiger partial charge in [-0.1, -0.05) is 15.9 Å². The molecule has 0 radical (unpaired) electrons. The Kier molecular flexibility index (Phi) is 3.50. The Morgan fingerprint density at radius 2 is 2.37 bits per heavy atom. The zero-order valence-electron chi connectivity index (χ0n) is 10.7. The summed E-state index contributed by atoms with van der Waals surface area (Å²) in [5.41, 5.74) is 7.84. The summed E-state index contributed by atoms with van der Waals surface area (Å²) in [5.74, 6) is 0.852. The first-order chi connectivity index (χ1) is 9.13. The van der Waals surface area contributed by atoms with E-state index in [1.807, 2.05) is 0 Å². The van der Waals surface area contributed by atoms with Crippen LogP contribution in [0.5, 0.6) is 5.75 Å². The van der Waals surface area contributed by atoms with Crippen LogP contribution in [0.25, 0.3) is 0 Å². The van der Waals surface area contributed by atoms with Gasteiger partial charge in [0.15, 0.2) is 0 Å². The van der Waals surface area contributed by atoms with Crippen molar-refractivity contribution in [2.24, 2.45) is 11.7 Å². The maximum absolute atomic E-state index is 11.2. The molecule has 19 heavy (non-hydrogen) atoms. The Bertz CT molecular complexity index is 518. The number of primary amides is 1. The van der Waals surface area contributed by atoms with Crippen molar-refractivity contribution in [3.8, 4) is 5.75 Å². The van der Waals surface area contributed by atoms with Crippen LogP contribution in [0.2, 0.25) is 0 Å². The van der Waals surface area contributed by atoms with Crippen molar-refractivity contribution in [2.75, 3.05) is 19.7 Å². The number of amides is 1. The number of likely N-dealkylation sites (tertiary alicyclic amines) is 1. The molecule has 4 nitrogen and oxygen atoms in total. The first-order valence-electron chi connectivity index (χ1n) is 6.59. The predicted molar refractivity (Wildman–Crippen MR) is 75.9 cm³/mol. The van der Waals surface area contributed by atoms with Gasteiger partial charge in [-0.2, -0.15) is 0 Å². The highest BCUT2D eigenvalue weighted by Gasteiger charge is 2.28. The first-order valence-corrected chi connectivity index (χ1v) is 7.38. The van der Waals surface area contributed by atoms with Crippen LogP contribution >= 0.6 is 15.9 Å². The normalized spacial score (nSPS) is 22.3. The van der Waals surface area contributed by atoms with Crippen LogP contribution < -0.4 is 10.5 Å². The zero-order chi connectivity index (χ0) is 13.4. The molecule has 0 bridgehead atoms. The molecule has 0 unspecified atom stereocenters. The Morgan fingerprint density at radius 1 is 1.53 bits per heavy atom. The second-order valence-electron chi connectivity index (χ2n) is 5.27. The molecule has 0 aliphatic carbocycles. The van der Waals surface area contributed by atoms with Gasteiger partial charge in [-0.3, -0.25) is 9.69 Å². The lowest BCUT2D eigenvalue weighted by Crippen LogP contribution is -2.27. The van der Waals surface area contributed by atoms with Crippen LogP contribution in [-0.2, 0) is 17.8 Å². The van der Waals surface area contributed by atoms with Gasteiger partial charge in [0.05, 0.1) is 12.5 Å². The largest absolute Gasteiger partial charge is 0.493 e. The van der Waals surface area contributed by atoms with Gasteiger partial charge in [0, 0.05) is 29.5 Å². The summed E-state index contributed by atoms with van der Waals surface area (Å²) in [6, 6.07) is 4.24. The minimum Gasteiger partial charge on any atom is -0.493 e. The van der Waals surface area contributed by atoms with E-state index in [2.05, 4.69) is 33.0 Å². The molecule has 1 fully saturated rings. The first kappa shape index (κ1) is 12.9. The summed E-state index contributed by atoms with van der Waals surface area (Å²) in [6.07, 6.45) is 1.85. The summed E-state index contributed by atoms with van der Waals surface area (Å²) >= 11 is 3.55. The highest BCUT2D eigenvalue weighted by molar-refractivity contribution is 9.10. The van der Waals surface area contributed by atoms with E-state index < -0.39 is 0 Å². The lowest BCUT2D eigenvalue weighted by atomic mass is 10.1. The van der Waals surface area contributed by atoms with Gasteiger partial charge in [-0.15, -0.1) is 0 Å². The monoisotopic (exact) mass is 324 g/mol. The number of halogens is 1. The summed E-state index contributed by atoms with van der Waals surface area (Å²) in [6.45, 7) is 3.28. The maximum atomic E-state index is 11.2. The van der Waals surface area contributed by atoms with Gasteiger partial charge in [-0.05, 0) is 30.7 Å². The van der Waals surface area contributed by atoms with E-state index in [4.69, 9.17) is 10.5 Å². The molecule has 1 amide bonds. The maximum Gasteiger partial charge on any atom is 0.221 e. The molecule has 2 aliphatic heterocycles. The Labute approximate surface area is 121 Å². The second kappa shape index (κ2) is 5.13. The second-order valence-corrected chi connectivity index (χ2v) is 6.19. The minimum atomic E-state index is -0.182. The summed E-state index contributed by atoms with van der Waals surface area (Å²) in [5, 5.41) is 0. The van der Waals surface area contributed by atoms with Gasteiger partial charge in [0.2, 0.25) is 5.91 Å². The molecule has 2 aliphatic rings. The third-order valence-corrected chi connectivity index (χ3v) is 4.35. The Morgan fingerprint density at radius 3 is 3.11 bits per heavy atom. The molecule has 5 heteroatoms. The number of hydrogen-bond donors (Lipinski definition) is 1. The fraction of sp³-hybridized carbons (Fsp3) is 0.500. The lowest BCUT2D eigenvalue weighted by molar-refractivity contribution is -0.121. The summed E-state index contributed by atoms with van der Waals surface area (Å²) in [4.78, 5) is 13.5. The number of fused-ring (bicyclic) bond motifs is 1. The molecule has 3 rings (SSSR count). The SMILES string of the molecule is NC(=O)[C@@H]1CCN(Cc2cc(Br)cc3c2OCC3)C1. The number of benzene rings is 1. The molecule has 2 heterocycles. The van der Waals surface area contributed by atoms with E-state index in [1.54, 1.807) is 0 Å². The van der Waals surface area contributed by atoms with Gasteiger partial charge in [0.25, 0.3) is 0 Å². The molecule has 2 N–H and O–H groups in total. The molecule has 1 aromatic rings. The topological polar surface area (TPSA) is 55.6 Å². The molecular weight excluding hydrogens is 308 g/mol. The quantitative estimate of drug-likeness (QED) is 0.920. The highest BCUT2D eigenvalue weighted by atomic mass is 79.9. The summed E-state index contributed by atoms with van der Waals surface area (Å²) < 4.78 is 6.82. The number of hydrogen-bond acceptors (Lipinski definition) is 3. The lowest BCUT2D eigenvalue weighted by Gasteiger charge is -2.17. The Hall–Kier alpha value is -1.07. The van der Waals surface area contributed by atoms with Gasteiger partial charge in [-0.25, -0.2) is 0 Å². The van der Waals surface area contributed by atoms with Crippen LogP contribution in [0, 0.1) is 5.92 Å². The van der Waals surface area contributed by atoms with Crippen molar-refractivity contribution in [1.29, 1.82) is 0 Å². The number of carbonyl (C=O) groups is 1. The number of ether oxygens (including phenoxy) is 1. The smallest absolute Gasteiger partial charge is 0.221 e. The third kappa shape index (κ3) is 2.62. The summed E-state index contributed by atoms with van der Waals surface area (Å²) in [7, 11) is 0. The van der Waals surface area contributed by atoms with E-state index in [0.29, 0.717) is 0 Å². The van der Waals surface area contributed by atoms with Crippen molar-refractivity contribution >= 4 is 21.8 Å². The number of nitrogens with zero attached hydrogens (tertiary/aromatic N) is 1. The van der Waals surface area contributed by atoms with Crippen LogP contribution in [0.1, 0.15) is 17.5 Å². The fourth-order valence-corrected chi connectivity index (χ4v) is 3.47. The standard InChI is InChI=1S/C14H17BrN2O2/c15-12-5-9-2-4-19-13(9)11(6-12)8-17-3-1-10(7-17)14(16)18/h5-6,10H,1-4,7-8H2,(H2,16,18)/t10-/m1/s1. The molecule has 0 saturated carbocycles. The number of carbonyl (C=O) groups excluding carboxylic acids is 1. The molecule has 1 atom stereocenters. The van der Waals surface area contributed by atoms with E-state index in [1.165, 1.54) is 11.1 Å². The number of rotatable bonds is 3. The van der Waals surface area contributed by atoms with Crippen LogP contribution in [-0.4, -0.2) is 30.5 Å². The minimum absolute atomic E-state index is 0.00104. The third-order valence-electron chi connectivity index (χ3n) is 3.89.